The number of hydrogen-bond donors (Lipinski definition) is 1. The topological polar surface area (TPSA) is 83.7 Å². The molecule has 1 aliphatic rings. The highest BCUT2D eigenvalue weighted by Gasteiger charge is 2.21. The third-order valence-electron chi connectivity index (χ3n) is 5.27. The minimum absolute atomic E-state index is 0.483. The number of nitrogens with one attached hydrogen (secondary N) is 1. The highest BCUT2D eigenvalue weighted by atomic mass is 16.5. The molecule has 1 aliphatic heterocycles. The van der Waals surface area contributed by atoms with Gasteiger partial charge in [0.25, 0.3) is 0 Å². The van der Waals surface area contributed by atoms with Crippen molar-refractivity contribution in [3.8, 4) is 6.07 Å². The molecule has 1 N–H and O–H groups in total. The van der Waals surface area contributed by atoms with E-state index in [1.54, 1.807) is 6.20 Å². The van der Waals surface area contributed by atoms with E-state index >= 15 is 0 Å². The minimum atomic E-state index is -0.483. The van der Waals surface area contributed by atoms with Gasteiger partial charge in [0.1, 0.15) is 5.92 Å². The number of nitrogens with zero attached hydrogens (tertiary/aromatic N) is 4. The first-order chi connectivity index (χ1) is 13.8. The second-order valence-electron chi connectivity index (χ2n) is 7.21. The van der Waals surface area contributed by atoms with Gasteiger partial charge in [-0.05, 0) is 43.4 Å². The monoisotopic (exact) mass is 373 g/mol. The molecule has 1 atom stereocenters. The molecule has 0 amide bonds. The molecule has 1 aromatic carbocycles. The van der Waals surface area contributed by atoms with Crippen LogP contribution in [0.1, 0.15) is 35.7 Å². The molecule has 0 saturated carbocycles. The molecule has 0 spiro atoms. The van der Waals surface area contributed by atoms with Crippen LogP contribution < -0.4 is 5.32 Å². The number of hydrogen-bond acceptors (Lipinski definition) is 6. The molecule has 142 valence electrons. The summed E-state index contributed by atoms with van der Waals surface area (Å²) < 4.78 is 5.44. The smallest absolute Gasteiger partial charge is 0.156 e. The molecule has 3 aromatic rings. The number of benzene rings is 1. The number of aromatic nitrogens is 3. The van der Waals surface area contributed by atoms with Crippen LogP contribution in [0, 0.1) is 24.2 Å². The number of ether oxygens (including phenoxy) is 1. The van der Waals surface area contributed by atoms with Gasteiger partial charge in [0, 0.05) is 42.4 Å². The fraction of sp³-hybridized carbons (Fsp3) is 0.364. The SMILES string of the molecule is Cc1cc(C(C#N)c2nnc(NCC3CCOCC3)c3ccccc23)ccn1. The third kappa shape index (κ3) is 3.80. The van der Waals surface area contributed by atoms with Crippen molar-refractivity contribution in [1.82, 2.24) is 15.2 Å². The molecule has 0 radical (unpaired) electrons. The van der Waals surface area contributed by atoms with Crippen LogP contribution in [0.4, 0.5) is 5.82 Å². The second kappa shape index (κ2) is 8.32. The molecular formula is C22H23N5O. The summed E-state index contributed by atoms with van der Waals surface area (Å²) >= 11 is 0. The largest absolute Gasteiger partial charge is 0.381 e. The fourth-order valence-electron chi connectivity index (χ4n) is 3.70. The van der Waals surface area contributed by atoms with Gasteiger partial charge in [-0.3, -0.25) is 4.98 Å². The van der Waals surface area contributed by atoms with Gasteiger partial charge in [0.05, 0.1) is 11.8 Å². The molecule has 6 heteroatoms. The van der Waals surface area contributed by atoms with Crippen molar-refractivity contribution in [2.24, 2.45) is 5.92 Å². The van der Waals surface area contributed by atoms with Crippen LogP contribution in [0.3, 0.4) is 0 Å². The van der Waals surface area contributed by atoms with Crippen LogP contribution >= 0.6 is 0 Å². The molecule has 4 rings (SSSR count). The zero-order valence-electron chi connectivity index (χ0n) is 15.9. The van der Waals surface area contributed by atoms with Gasteiger partial charge in [-0.1, -0.05) is 24.3 Å². The Hall–Kier alpha value is -3.04. The summed E-state index contributed by atoms with van der Waals surface area (Å²) in [5.74, 6) is 0.873. The molecular weight excluding hydrogens is 350 g/mol. The van der Waals surface area contributed by atoms with Crippen LogP contribution in [0.2, 0.25) is 0 Å². The fourth-order valence-corrected chi connectivity index (χ4v) is 3.70. The van der Waals surface area contributed by atoms with E-state index in [9.17, 15) is 5.26 Å². The van der Waals surface area contributed by atoms with E-state index in [-0.39, 0.29) is 0 Å². The Bertz CT molecular complexity index is 1010. The van der Waals surface area contributed by atoms with Crippen molar-refractivity contribution >= 4 is 16.6 Å². The average molecular weight is 373 g/mol. The molecule has 1 saturated heterocycles. The number of nitriles is 1. The van der Waals surface area contributed by atoms with Crippen molar-refractivity contribution in [2.45, 2.75) is 25.7 Å². The molecule has 6 nitrogen and oxygen atoms in total. The normalized spacial score (nSPS) is 15.9. The van der Waals surface area contributed by atoms with E-state index < -0.39 is 5.92 Å². The minimum Gasteiger partial charge on any atom is -0.381 e. The van der Waals surface area contributed by atoms with Gasteiger partial charge in [-0.2, -0.15) is 10.4 Å². The van der Waals surface area contributed by atoms with Crippen molar-refractivity contribution in [3.05, 3.63) is 59.5 Å². The van der Waals surface area contributed by atoms with Crippen LogP contribution in [0.15, 0.2) is 42.6 Å². The Morgan fingerprint density at radius 1 is 1.18 bits per heavy atom. The van der Waals surface area contributed by atoms with Gasteiger partial charge in [0.2, 0.25) is 0 Å². The zero-order valence-corrected chi connectivity index (χ0v) is 15.9. The summed E-state index contributed by atoms with van der Waals surface area (Å²) in [5.41, 5.74) is 2.45. The van der Waals surface area contributed by atoms with E-state index in [2.05, 4.69) is 26.6 Å². The summed E-state index contributed by atoms with van der Waals surface area (Å²) in [6, 6.07) is 14.2. The second-order valence-corrected chi connectivity index (χ2v) is 7.21. The van der Waals surface area contributed by atoms with E-state index in [1.165, 1.54) is 0 Å². The summed E-state index contributed by atoms with van der Waals surface area (Å²) in [4.78, 5) is 4.23. The Balaban J connectivity index is 1.68. The van der Waals surface area contributed by atoms with Crippen LogP contribution in [-0.2, 0) is 4.74 Å². The third-order valence-corrected chi connectivity index (χ3v) is 5.27. The maximum Gasteiger partial charge on any atom is 0.156 e. The van der Waals surface area contributed by atoms with Crippen molar-refractivity contribution < 1.29 is 4.74 Å². The Morgan fingerprint density at radius 2 is 1.96 bits per heavy atom. The first kappa shape index (κ1) is 18.3. The van der Waals surface area contributed by atoms with E-state index in [0.717, 1.165) is 60.4 Å². The number of fused-ring (bicyclic) bond motifs is 1. The molecule has 2 aromatic heterocycles. The van der Waals surface area contributed by atoms with Gasteiger partial charge < -0.3 is 10.1 Å². The molecule has 1 unspecified atom stereocenters. The zero-order chi connectivity index (χ0) is 19.3. The highest BCUT2D eigenvalue weighted by molar-refractivity contribution is 5.93. The Labute approximate surface area is 164 Å². The first-order valence-corrected chi connectivity index (χ1v) is 9.65. The highest BCUT2D eigenvalue weighted by Crippen LogP contribution is 2.31. The first-order valence-electron chi connectivity index (χ1n) is 9.65. The summed E-state index contributed by atoms with van der Waals surface area (Å²) in [6.45, 7) is 4.43. The predicted molar refractivity (Wildman–Crippen MR) is 108 cm³/mol. The summed E-state index contributed by atoms with van der Waals surface area (Å²) in [5, 5.41) is 24.2. The van der Waals surface area contributed by atoms with Crippen molar-refractivity contribution in [2.75, 3.05) is 25.1 Å². The van der Waals surface area contributed by atoms with Gasteiger partial charge in [-0.15, -0.1) is 5.10 Å². The van der Waals surface area contributed by atoms with Crippen LogP contribution in [0.5, 0.6) is 0 Å². The predicted octanol–water partition coefficient (Wildman–Crippen LogP) is 3.83. The number of anilines is 1. The number of aryl methyl sites for hydroxylation is 1. The lowest BCUT2D eigenvalue weighted by molar-refractivity contribution is 0.0699. The standard InChI is InChI=1S/C22H23N5O/c1-15-12-17(6-9-24-15)20(13-23)21-18-4-2-3-5-19(18)22(27-26-21)25-14-16-7-10-28-11-8-16/h2-6,9,12,16,20H,7-8,10-11,14H2,1H3,(H,25,27). The van der Waals surface area contributed by atoms with Crippen LogP contribution in [0.25, 0.3) is 10.8 Å². The maximum atomic E-state index is 9.86. The molecule has 0 aliphatic carbocycles. The quantitative estimate of drug-likeness (QED) is 0.732. The molecule has 3 heterocycles. The lowest BCUT2D eigenvalue weighted by Gasteiger charge is -2.22. The average Bonchev–Trinajstić information content (AvgIpc) is 2.74. The summed E-state index contributed by atoms with van der Waals surface area (Å²) in [7, 11) is 0. The van der Waals surface area contributed by atoms with Crippen molar-refractivity contribution in [1.29, 1.82) is 5.26 Å². The maximum absolute atomic E-state index is 9.86. The van der Waals surface area contributed by atoms with Gasteiger partial charge in [0.15, 0.2) is 5.82 Å². The van der Waals surface area contributed by atoms with E-state index in [0.29, 0.717) is 11.6 Å². The molecule has 0 bridgehead atoms. The lowest BCUT2D eigenvalue weighted by atomic mass is 9.94. The van der Waals surface area contributed by atoms with E-state index in [4.69, 9.17) is 4.74 Å². The molecule has 28 heavy (non-hydrogen) atoms. The van der Waals surface area contributed by atoms with Crippen LogP contribution in [-0.4, -0.2) is 34.9 Å². The van der Waals surface area contributed by atoms with E-state index in [1.807, 2.05) is 43.3 Å². The van der Waals surface area contributed by atoms with Gasteiger partial charge in [-0.25, -0.2) is 0 Å². The lowest BCUT2D eigenvalue weighted by Crippen LogP contribution is -2.23. The number of rotatable bonds is 5. The van der Waals surface area contributed by atoms with Gasteiger partial charge >= 0.3 is 0 Å². The Morgan fingerprint density at radius 3 is 2.71 bits per heavy atom. The molecule has 1 fully saturated rings. The Kier molecular flexibility index (Phi) is 5.45. The number of pyridine rings is 1. The van der Waals surface area contributed by atoms with Crippen molar-refractivity contribution in [3.63, 3.8) is 0 Å². The summed E-state index contributed by atoms with van der Waals surface area (Å²) in [6.07, 6.45) is 3.86.